The van der Waals surface area contributed by atoms with Crippen molar-refractivity contribution in [3.63, 3.8) is 0 Å². The Morgan fingerprint density at radius 3 is 2.37 bits per heavy atom. The molecule has 2 aromatic carbocycles. The maximum absolute atomic E-state index is 13.8. The molecule has 2 aromatic heterocycles. The summed E-state index contributed by atoms with van der Waals surface area (Å²) >= 11 is 0. The van der Waals surface area contributed by atoms with Gasteiger partial charge in [0.15, 0.2) is 5.96 Å². The van der Waals surface area contributed by atoms with E-state index in [1.807, 2.05) is 54.6 Å². The van der Waals surface area contributed by atoms with Gasteiger partial charge in [0.25, 0.3) is 0 Å². The molecule has 13 heteroatoms. The average molecular weight is 587 g/mol. The Morgan fingerprint density at radius 1 is 0.884 bits per heavy atom. The lowest BCUT2D eigenvalue weighted by atomic mass is 10.0. The Morgan fingerprint density at radius 2 is 1.63 bits per heavy atom. The molecule has 0 aliphatic rings. The van der Waals surface area contributed by atoms with Crippen LogP contribution in [0, 0.1) is 0 Å². The van der Waals surface area contributed by atoms with Crippen LogP contribution >= 0.6 is 0 Å². The van der Waals surface area contributed by atoms with Gasteiger partial charge in [-0.3, -0.25) is 19.4 Å². The Hall–Kier alpha value is -5.17. The van der Waals surface area contributed by atoms with Gasteiger partial charge in [0.05, 0.1) is 12.4 Å². The molecule has 0 unspecified atom stereocenters. The fourth-order valence-corrected chi connectivity index (χ4v) is 4.69. The van der Waals surface area contributed by atoms with Gasteiger partial charge in [-0.05, 0) is 30.0 Å². The van der Waals surface area contributed by atoms with Gasteiger partial charge in [-0.15, -0.1) is 0 Å². The Balaban J connectivity index is 1.51. The minimum absolute atomic E-state index is 0.0536. The molecule has 4 rings (SSSR count). The normalized spacial score (nSPS) is 13.0. The highest BCUT2D eigenvalue weighted by atomic mass is 16.2. The molecule has 0 aliphatic heterocycles. The molecule has 43 heavy (non-hydrogen) atoms. The third kappa shape index (κ3) is 9.16. The SMILES string of the molecule is NC(N)=NCCC[C@H](NC(=O)[C@H](Cc1c[nH]c2ccccc12)NC(=O)[C@@H](N)Cc1cnc[nH]1)C(=O)NCc1ccccc1. The molecule has 11 N–H and O–H groups in total. The number of guanidine groups is 1. The number of fused-ring (bicyclic) bond motifs is 1. The molecule has 0 fully saturated rings. The van der Waals surface area contributed by atoms with Crippen LogP contribution in [-0.2, 0) is 33.8 Å². The van der Waals surface area contributed by atoms with Gasteiger partial charge in [0, 0.05) is 54.9 Å². The fourth-order valence-electron chi connectivity index (χ4n) is 4.69. The van der Waals surface area contributed by atoms with E-state index in [1.165, 1.54) is 6.33 Å². The number of carbonyl (C=O) groups excluding carboxylic acids is 3. The van der Waals surface area contributed by atoms with E-state index in [0.717, 1.165) is 22.0 Å². The van der Waals surface area contributed by atoms with Crippen molar-refractivity contribution in [1.82, 2.24) is 30.9 Å². The summed E-state index contributed by atoms with van der Waals surface area (Å²) in [5.41, 5.74) is 20.4. The van der Waals surface area contributed by atoms with E-state index in [9.17, 15) is 14.4 Å². The predicted molar refractivity (Wildman–Crippen MR) is 164 cm³/mol. The first-order valence-electron chi connectivity index (χ1n) is 14.1. The van der Waals surface area contributed by atoms with Gasteiger partial charge in [0.1, 0.15) is 12.1 Å². The number of imidazole rings is 1. The molecule has 2 heterocycles. The number of H-pyrrole nitrogens is 2. The van der Waals surface area contributed by atoms with Crippen molar-refractivity contribution in [2.75, 3.05) is 6.54 Å². The number of aromatic amines is 2. The van der Waals surface area contributed by atoms with E-state index >= 15 is 0 Å². The Bertz CT molecular complexity index is 1510. The quantitative estimate of drug-likeness (QED) is 0.0554. The zero-order chi connectivity index (χ0) is 30.6. The Kier molecular flexibility index (Phi) is 10.9. The minimum Gasteiger partial charge on any atom is -0.370 e. The number of para-hydroxylation sites is 1. The van der Waals surface area contributed by atoms with E-state index in [0.29, 0.717) is 18.7 Å². The first-order valence-corrected chi connectivity index (χ1v) is 14.1. The zero-order valence-corrected chi connectivity index (χ0v) is 23.8. The number of nitrogens with zero attached hydrogens (tertiary/aromatic N) is 2. The van der Waals surface area contributed by atoms with E-state index in [1.54, 1.807) is 12.4 Å². The van der Waals surface area contributed by atoms with Crippen molar-refractivity contribution < 1.29 is 14.4 Å². The standard InChI is InChI=1S/C30H38N10O3/c31-23(14-21-17-34-18-38-21)27(41)40-26(13-20-16-36-24-10-5-4-9-22(20)24)29(43)39-25(11-6-12-35-30(32)33)28(42)37-15-19-7-2-1-3-8-19/h1-5,7-10,16-18,23,25-26,36H,6,11-15,31H2,(H,34,38)(H,37,42)(H,39,43)(H,40,41)(H4,32,33,35)/t23-,25-,26-/m0/s1. The number of amides is 3. The van der Waals surface area contributed by atoms with Crippen LogP contribution in [0.15, 0.2) is 78.3 Å². The largest absolute Gasteiger partial charge is 0.370 e. The van der Waals surface area contributed by atoms with E-state index in [-0.39, 0.29) is 37.7 Å². The molecule has 4 aromatic rings. The summed E-state index contributed by atoms with van der Waals surface area (Å²) in [4.78, 5) is 54.2. The van der Waals surface area contributed by atoms with Crippen LogP contribution in [0.25, 0.3) is 10.9 Å². The van der Waals surface area contributed by atoms with E-state index in [4.69, 9.17) is 17.2 Å². The third-order valence-corrected chi connectivity index (χ3v) is 6.95. The lowest BCUT2D eigenvalue weighted by Crippen LogP contribution is -2.56. The van der Waals surface area contributed by atoms with Gasteiger partial charge >= 0.3 is 0 Å². The topological polar surface area (TPSA) is 222 Å². The number of hydrogen-bond donors (Lipinski definition) is 8. The van der Waals surface area contributed by atoms with Crippen LogP contribution in [0.2, 0.25) is 0 Å². The molecule has 0 saturated heterocycles. The first kappa shape index (κ1) is 30.8. The fraction of sp³-hybridized carbons (Fsp3) is 0.300. The van der Waals surface area contributed by atoms with Gasteiger partial charge in [-0.1, -0.05) is 48.5 Å². The van der Waals surface area contributed by atoms with E-state index < -0.39 is 29.9 Å². The van der Waals surface area contributed by atoms with E-state index in [2.05, 4.69) is 35.9 Å². The molecule has 0 spiro atoms. The number of aromatic nitrogens is 3. The van der Waals surface area contributed by atoms with Crippen LogP contribution in [0.3, 0.4) is 0 Å². The van der Waals surface area contributed by atoms with Gasteiger partial charge in [0.2, 0.25) is 17.7 Å². The smallest absolute Gasteiger partial charge is 0.243 e. The lowest BCUT2D eigenvalue weighted by molar-refractivity contribution is -0.132. The molecule has 3 amide bonds. The number of nitrogens with one attached hydrogen (secondary N) is 5. The maximum Gasteiger partial charge on any atom is 0.243 e. The van der Waals surface area contributed by atoms with Crippen molar-refractivity contribution in [2.45, 2.75) is 50.4 Å². The van der Waals surface area contributed by atoms with Gasteiger partial charge < -0.3 is 43.1 Å². The summed E-state index contributed by atoms with van der Waals surface area (Å²) < 4.78 is 0. The zero-order valence-electron chi connectivity index (χ0n) is 23.8. The monoisotopic (exact) mass is 586 g/mol. The molecule has 226 valence electrons. The number of aliphatic imine (C=N–C) groups is 1. The van der Waals surface area contributed by atoms with Crippen LogP contribution < -0.4 is 33.2 Å². The summed E-state index contributed by atoms with van der Waals surface area (Å²) in [7, 11) is 0. The molecule has 0 saturated carbocycles. The van der Waals surface area contributed by atoms with Crippen molar-refractivity contribution in [3.8, 4) is 0 Å². The predicted octanol–water partition coefficient (Wildman–Crippen LogP) is 0.343. The molecular weight excluding hydrogens is 548 g/mol. The van der Waals surface area contributed by atoms with Crippen LogP contribution in [-0.4, -0.2) is 63.3 Å². The van der Waals surface area contributed by atoms with Crippen LogP contribution in [0.1, 0.15) is 29.7 Å². The highest BCUT2D eigenvalue weighted by molar-refractivity contribution is 5.94. The van der Waals surface area contributed by atoms with Crippen molar-refractivity contribution in [3.05, 3.63) is 90.1 Å². The molecule has 0 radical (unpaired) electrons. The number of carbonyl (C=O) groups is 3. The number of hydrogen-bond acceptors (Lipinski definition) is 6. The summed E-state index contributed by atoms with van der Waals surface area (Å²) in [5, 5.41) is 9.46. The summed E-state index contributed by atoms with van der Waals surface area (Å²) in [6.07, 6.45) is 5.99. The second kappa shape index (κ2) is 15.2. The third-order valence-electron chi connectivity index (χ3n) is 6.95. The maximum atomic E-state index is 13.8. The molecule has 13 nitrogen and oxygen atoms in total. The highest BCUT2D eigenvalue weighted by Gasteiger charge is 2.29. The number of nitrogens with two attached hydrogens (primary N) is 3. The van der Waals surface area contributed by atoms with Crippen molar-refractivity contribution in [1.29, 1.82) is 0 Å². The Labute approximate surface area is 249 Å². The average Bonchev–Trinajstić information content (AvgIpc) is 3.67. The van der Waals surface area contributed by atoms with Crippen molar-refractivity contribution in [2.24, 2.45) is 22.2 Å². The van der Waals surface area contributed by atoms with Crippen LogP contribution in [0.4, 0.5) is 0 Å². The molecule has 3 atom stereocenters. The first-order chi connectivity index (χ1) is 20.8. The van der Waals surface area contributed by atoms with Crippen LogP contribution in [0.5, 0.6) is 0 Å². The lowest BCUT2D eigenvalue weighted by Gasteiger charge is -2.24. The molecule has 0 aliphatic carbocycles. The molecular formula is C30H38N10O3. The number of rotatable bonds is 15. The van der Waals surface area contributed by atoms with Gasteiger partial charge in [-0.2, -0.15) is 0 Å². The summed E-state index contributed by atoms with van der Waals surface area (Å²) in [6.45, 7) is 0.580. The second-order valence-electron chi connectivity index (χ2n) is 10.2. The van der Waals surface area contributed by atoms with Crippen molar-refractivity contribution >= 4 is 34.6 Å². The second-order valence-corrected chi connectivity index (χ2v) is 10.2. The summed E-state index contributed by atoms with van der Waals surface area (Å²) in [5.74, 6) is -1.45. The van der Waals surface area contributed by atoms with Gasteiger partial charge in [-0.25, -0.2) is 4.98 Å². The highest BCUT2D eigenvalue weighted by Crippen LogP contribution is 2.19. The molecule has 0 bridgehead atoms. The number of benzene rings is 2. The summed E-state index contributed by atoms with van der Waals surface area (Å²) in [6, 6.07) is 14.3. The minimum atomic E-state index is -1.01.